The summed E-state index contributed by atoms with van der Waals surface area (Å²) in [4.78, 5) is 22.1. The smallest absolute Gasteiger partial charge is 0.244 e. The monoisotopic (exact) mass is 198 g/mol. The highest BCUT2D eigenvalue weighted by Crippen LogP contribution is 2.09. The molecule has 1 aliphatic rings. The summed E-state index contributed by atoms with van der Waals surface area (Å²) in [7, 11) is 0. The molecule has 0 bridgehead atoms. The van der Waals surface area contributed by atoms with Gasteiger partial charge in [-0.25, -0.2) is 0 Å². The number of aliphatic hydroxyl groups is 1. The summed E-state index contributed by atoms with van der Waals surface area (Å²) in [5.74, 6) is -0.919. The van der Waals surface area contributed by atoms with Gasteiger partial charge in [0.2, 0.25) is 5.91 Å². The van der Waals surface area contributed by atoms with Gasteiger partial charge in [0.25, 0.3) is 0 Å². The first-order valence-electron chi connectivity index (χ1n) is 4.45. The van der Waals surface area contributed by atoms with E-state index < -0.39 is 18.1 Å². The second-order valence-corrected chi connectivity index (χ2v) is 3.38. The summed E-state index contributed by atoms with van der Waals surface area (Å²) in [5.41, 5.74) is 5.18. The molecule has 0 radical (unpaired) electrons. The van der Waals surface area contributed by atoms with Crippen molar-refractivity contribution >= 4 is 11.7 Å². The number of carbonyl (C=O) groups is 2. The van der Waals surface area contributed by atoms with Gasteiger partial charge >= 0.3 is 0 Å². The predicted molar refractivity (Wildman–Crippen MR) is 50.4 cm³/mol. The van der Waals surface area contributed by atoms with Crippen molar-refractivity contribution in [2.24, 2.45) is 5.73 Å². The van der Waals surface area contributed by atoms with E-state index in [1.54, 1.807) is 0 Å². The molecule has 1 heterocycles. The number of hydrogen-bond acceptors (Lipinski definition) is 4. The molecule has 14 heavy (non-hydrogen) atoms. The van der Waals surface area contributed by atoms with Crippen molar-refractivity contribution in [2.45, 2.75) is 25.5 Å². The third kappa shape index (κ3) is 2.40. The molecule has 1 rings (SSSR count). The molecule has 0 aromatic carbocycles. The Morgan fingerprint density at radius 1 is 1.57 bits per heavy atom. The fourth-order valence-electron chi connectivity index (χ4n) is 1.35. The number of hydrogen-bond donors (Lipinski definition) is 3. The molecule has 1 aliphatic heterocycles. The molecule has 0 aromatic heterocycles. The second-order valence-electron chi connectivity index (χ2n) is 3.38. The molecule has 78 valence electrons. The van der Waals surface area contributed by atoms with Crippen molar-refractivity contribution in [3.63, 3.8) is 0 Å². The lowest BCUT2D eigenvalue weighted by Crippen LogP contribution is -2.37. The fraction of sp³-hybridized carbons (Fsp3) is 0.556. The van der Waals surface area contributed by atoms with E-state index in [9.17, 15) is 14.7 Å². The van der Waals surface area contributed by atoms with Gasteiger partial charge in [0.1, 0.15) is 0 Å². The lowest BCUT2D eigenvalue weighted by atomic mass is 10.1. The fourth-order valence-corrected chi connectivity index (χ4v) is 1.35. The topological polar surface area (TPSA) is 92.4 Å². The van der Waals surface area contributed by atoms with Gasteiger partial charge in [0.15, 0.2) is 5.78 Å². The first-order chi connectivity index (χ1) is 6.52. The van der Waals surface area contributed by atoms with Gasteiger partial charge < -0.3 is 16.2 Å². The van der Waals surface area contributed by atoms with Crippen LogP contribution in [0.1, 0.15) is 13.3 Å². The highest BCUT2D eigenvalue weighted by atomic mass is 16.3. The summed E-state index contributed by atoms with van der Waals surface area (Å²) in [6.45, 7) is 2.09. The SMILES string of the molecule is CC(=CC(=O)[C@H]1NCCC1O)C(N)=O. The minimum atomic E-state index is -0.667. The van der Waals surface area contributed by atoms with Gasteiger partial charge in [-0.1, -0.05) is 0 Å². The Hall–Kier alpha value is -1.20. The number of nitrogens with one attached hydrogen (secondary N) is 1. The first kappa shape index (κ1) is 10.9. The Morgan fingerprint density at radius 3 is 2.64 bits per heavy atom. The molecule has 5 heteroatoms. The highest BCUT2D eigenvalue weighted by Gasteiger charge is 2.29. The molecule has 0 saturated carbocycles. The van der Waals surface area contributed by atoms with Crippen LogP contribution in [0.4, 0.5) is 0 Å². The molecule has 2 atom stereocenters. The molecule has 5 nitrogen and oxygen atoms in total. The average Bonchev–Trinajstić information content (AvgIpc) is 2.51. The number of nitrogens with two attached hydrogens (primary N) is 1. The first-order valence-corrected chi connectivity index (χ1v) is 4.45. The molecule has 1 saturated heterocycles. The normalized spacial score (nSPS) is 27.7. The standard InChI is InChI=1S/C9H14N2O3/c1-5(9(10)14)4-7(13)8-6(12)2-3-11-8/h4,6,8,11-12H,2-3H2,1H3,(H2,10,14)/t6?,8-/m0/s1. The zero-order chi connectivity index (χ0) is 10.7. The largest absolute Gasteiger partial charge is 0.391 e. The van der Waals surface area contributed by atoms with Crippen molar-refractivity contribution in [3.05, 3.63) is 11.6 Å². The molecular weight excluding hydrogens is 184 g/mol. The molecule has 1 amide bonds. The van der Waals surface area contributed by atoms with Crippen LogP contribution in [0, 0.1) is 0 Å². The van der Waals surface area contributed by atoms with Crippen LogP contribution < -0.4 is 11.1 Å². The van der Waals surface area contributed by atoms with Gasteiger partial charge in [-0.2, -0.15) is 0 Å². The van der Waals surface area contributed by atoms with Gasteiger partial charge in [-0.3, -0.25) is 9.59 Å². The number of amides is 1. The Labute approximate surface area is 82.0 Å². The van der Waals surface area contributed by atoms with Crippen LogP contribution in [0.2, 0.25) is 0 Å². The molecule has 1 unspecified atom stereocenters. The number of primary amides is 1. The second kappa shape index (κ2) is 4.34. The van der Waals surface area contributed by atoms with Gasteiger partial charge in [-0.15, -0.1) is 0 Å². The maximum atomic E-state index is 11.5. The van der Waals surface area contributed by atoms with Crippen molar-refractivity contribution in [3.8, 4) is 0 Å². The van der Waals surface area contributed by atoms with Crippen LogP contribution in [-0.2, 0) is 9.59 Å². The van der Waals surface area contributed by atoms with E-state index in [0.29, 0.717) is 13.0 Å². The van der Waals surface area contributed by atoms with Crippen LogP contribution >= 0.6 is 0 Å². The molecule has 0 spiro atoms. The summed E-state index contributed by atoms with van der Waals surface area (Å²) in [5, 5.41) is 12.2. The Morgan fingerprint density at radius 2 is 2.21 bits per heavy atom. The molecular formula is C9H14N2O3. The molecule has 0 aliphatic carbocycles. The van der Waals surface area contributed by atoms with Crippen LogP contribution in [0.5, 0.6) is 0 Å². The molecule has 4 N–H and O–H groups in total. The summed E-state index contributed by atoms with van der Waals surface area (Å²) in [6, 6.07) is -0.593. The van der Waals surface area contributed by atoms with E-state index in [-0.39, 0.29) is 11.4 Å². The van der Waals surface area contributed by atoms with E-state index in [1.807, 2.05) is 0 Å². The summed E-state index contributed by atoms with van der Waals surface area (Å²) in [6.07, 6.45) is 1.06. The van der Waals surface area contributed by atoms with Crippen molar-refractivity contribution < 1.29 is 14.7 Å². The Balaban J connectivity index is 2.66. The average molecular weight is 198 g/mol. The van der Waals surface area contributed by atoms with Gasteiger partial charge in [-0.05, 0) is 26.0 Å². The third-order valence-electron chi connectivity index (χ3n) is 2.24. The number of carbonyl (C=O) groups excluding carboxylic acids is 2. The third-order valence-corrected chi connectivity index (χ3v) is 2.24. The van der Waals surface area contributed by atoms with E-state index in [1.165, 1.54) is 13.0 Å². The molecule has 0 aromatic rings. The lowest BCUT2D eigenvalue weighted by molar-refractivity contribution is -0.119. The highest BCUT2D eigenvalue weighted by molar-refractivity contribution is 6.03. The molecule has 1 fully saturated rings. The van der Waals surface area contributed by atoms with Crippen molar-refractivity contribution in [1.29, 1.82) is 0 Å². The minimum Gasteiger partial charge on any atom is -0.391 e. The van der Waals surface area contributed by atoms with Crippen molar-refractivity contribution in [2.75, 3.05) is 6.54 Å². The van der Waals surface area contributed by atoms with E-state index in [0.717, 1.165) is 0 Å². The van der Waals surface area contributed by atoms with E-state index in [2.05, 4.69) is 5.32 Å². The van der Waals surface area contributed by atoms with Crippen LogP contribution in [0.15, 0.2) is 11.6 Å². The van der Waals surface area contributed by atoms with Crippen molar-refractivity contribution in [1.82, 2.24) is 5.32 Å². The number of aliphatic hydroxyl groups excluding tert-OH is 1. The summed E-state index contributed by atoms with van der Waals surface area (Å²) < 4.78 is 0. The van der Waals surface area contributed by atoms with E-state index in [4.69, 9.17) is 5.73 Å². The number of rotatable bonds is 3. The lowest BCUT2D eigenvalue weighted by Gasteiger charge is -2.10. The van der Waals surface area contributed by atoms with Crippen LogP contribution in [0.3, 0.4) is 0 Å². The van der Waals surface area contributed by atoms with Crippen LogP contribution in [0.25, 0.3) is 0 Å². The number of ketones is 1. The minimum absolute atomic E-state index is 0.205. The van der Waals surface area contributed by atoms with Crippen LogP contribution in [-0.4, -0.2) is 35.5 Å². The Bertz CT molecular complexity index is 286. The zero-order valence-corrected chi connectivity index (χ0v) is 7.99. The maximum absolute atomic E-state index is 11.5. The van der Waals surface area contributed by atoms with Gasteiger partial charge in [0.05, 0.1) is 12.1 Å². The maximum Gasteiger partial charge on any atom is 0.244 e. The van der Waals surface area contributed by atoms with E-state index >= 15 is 0 Å². The van der Waals surface area contributed by atoms with Gasteiger partial charge in [0, 0.05) is 5.57 Å². The predicted octanol–water partition coefficient (Wildman–Crippen LogP) is -1.29. The Kier molecular flexibility index (Phi) is 3.38. The summed E-state index contributed by atoms with van der Waals surface area (Å²) >= 11 is 0. The zero-order valence-electron chi connectivity index (χ0n) is 7.99. The quantitative estimate of drug-likeness (QED) is 0.492.